The maximum atomic E-state index is 9.48. The first-order chi connectivity index (χ1) is 10.1. The summed E-state index contributed by atoms with van der Waals surface area (Å²) in [4.78, 5) is 4.27. The first-order valence-corrected chi connectivity index (χ1v) is 6.31. The summed E-state index contributed by atoms with van der Waals surface area (Å²) < 4.78 is 5.19. The topological polar surface area (TPSA) is 105 Å². The van der Waals surface area contributed by atoms with Gasteiger partial charge in [0.2, 0.25) is 11.7 Å². The highest BCUT2D eigenvalue weighted by Gasteiger charge is 2.11. The van der Waals surface area contributed by atoms with E-state index in [0.29, 0.717) is 29.4 Å². The number of phenolic OH excluding ortho intramolecular Hbond substituents is 2. The van der Waals surface area contributed by atoms with Crippen molar-refractivity contribution in [2.75, 3.05) is 5.73 Å². The van der Waals surface area contributed by atoms with Crippen molar-refractivity contribution in [2.24, 2.45) is 0 Å². The standard InChI is InChI=1S/C15H13N3O3/c16-11-4-1-9(2-5-11)7-14-17-15(18-21-14)10-3-6-12(19)13(20)8-10/h1-6,8,19-20H,7,16H2. The third-order valence-electron chi connectivity index (χ3n) is 3.04. The molecule has 1 heterocycles. The summed E-state index contributed by atoms with van der Waals surface area (Å²) in [6.45, 7) is 0. The Morgan fingerprint density at radius 3 is 2.48 bits per heavy atom. The Balaban J connectivity index is 1.82. The molecule has 3 rings (SSSR count). The number of aromatic hydroxyl groups is 2. The van der Waals surface area contributed by atoms with E-state index in [2.05, 4.69) is 10.1 Å². The predicted octanol–water partition coefficient (Wildman–Crippen LogP) is 2.32. The van der Waals surface area contributed by atoms with E-state index in [-0.39, 0.29) is 11.5 Å². The first-order valence-electron chi connectivity index (χ1n) is 6.31. The minimum atomic E-state index is -0.225. The third kappa shape index (κ3) is 2.79. The van der Waals surface area contributed by atoms with Crippen LogP contribution < -0.4 is 5.73 Å². The quantitative estimate of drug-likeness (QED) is 0.503. The first kappa shape index (κ1) is 13.0. The normalized spacial score (nSPS) is 10.7. The van der Waals surface area contributed by atoms with Crippen LogP contribution in [0.3, 0.4) is 0 Å². The van der Waals surface area contributed by atoms with Gasteiger partial charge < -0.3 is 20.5 Å². The molecule has 0 amide bonds. The average molecular weight is 283 g/mol. The van der Waals surface area contributed by atoms with Crippen molar-refractivity contribution >= 4 is 5.69 Å². The number of aromatic nitrogens is 2. The molecule has 6 nitrogen and oxygen atoms in total. The Morgan fingerprint density at radius 2 is 1.76 bits per heavy atom. The number of nitrogens with two attached hydrogens (primary N) is 1. The Hall–Kier alpha value is -3.02. The van der Waals surface area contributed by atoms with Crippen LogP contribution in [0, 0.1) is 0 Å². The molecule has 0 aliphatic rings. The predicted molar refractivity (Wildman–Crippen MR) is 76.7 cm³/mol. The minimum absolute atomic E-state index is 0.190. The van der Waals surface area contributed by atoms with E-state index in [0.717, 1.165) is 5.56 Å². The molecule has 0 aliphatic heterocycles. The average Bonchev–Trinajstić information content (AvgIpc) is 2.93. The van der Waals surface area contributed by atoms with Crippen LogP contribution in [0.25, 0.3) is 11.4 Å². The van der Waals surface area contributed by atoms with Gasteiger partial charge in [0.1, 0.15) is 0 Å². The molecule has 0 fully saturated rings. The highest BCUT2D eigenvalue weighted by Crippen LogP contribution is 2.29. The molecule has 0 saturated heterocycles. The van der Waals surface area contributed by atoms with Gasteiger partial charge >= 0.3 is 0 Å². The van der Waals surface area contributed by atoms with Crippen molar-refractivity contribution in [1.82, 2.24) is 10.1 Å². The summed E-state index contributed by atoms with van der Waals surface area (Å²) in [5.74, 6) is 0.403. The fourth-order valence-corrected chi connectivity index (χ4v) is 1.92. The van der Waals surface area contributed by atoms with E-state index < -0.39 is 0 Å². The lowest BCUT2D eigenvalue weighted by Crippen LogP contribution is -1.90. The molecule has 0 aliphatic carbocycles. The van der Waals surface area contributed by atoms with Crippen molar-refractivity contribution in [3.63, 3.8) is 0 Å². The van der Waals surface area contributed by atoms with Gasteiger partial charge in [-0.2, -0.15) is 4.98 Å². The molecule has 0 radical (unpaired) electrons. The summed E-state index contributed by atoms with van der Waals surface area (Å²) in [6.07, 6.45) is 0.497. The lowest BCUT2D eigenvalue weighted by molar-refractivity contribution is 0.385. The summed E-state index contributed by atoms with van der Waals surface area (Å²) in [5, 5.41) is 22.6. The molecule has 0 unspecified atom stereocenters. The summed E-state index contributed by atoms with van der Waals surface area (Å²) in [6, 6.07) is 11.8. The fourth-order valence-electron chi connectivity index (χ4n) is 1.92. The lowest BCUT2D eigenvalue weighted by Gasteiger charge is -1.98. The van der Waals surface area contributed by atoms with E-state index in [4.69, 9.17) is 10.3 Å². The lowest BCUT2D eigenvalue weighted by atomic mass is 10.1. The van der Waals surface area contributed by atoms with Gasteiger partial charge in [-0.25, -0.2) is 0 Å². The van der Waals surface area contributed by atoms with Gasteiger partial charge in [0.25, 0.3) is 0 Å². The molecule has 1 aromatic heterocycles. The minimum Gasteiger partial charge on any atom is -0.504 e. The number of hydrogen-bond donors (Lipinski definition) is 3. The van der Waals surface area contributed by atoms with Crippen molar-refractivity contribution in [1.29, 1.82) is 0 Å². The molecule has 106 valence electrons. The zero-order chi connectivity index (χ0) is 14.8. The highest BCUT2D eigenvalue weighted by molar-refractivity contribution is 5.60. The zero-order valence-electron chi connectivity index (χ0n) is 11.0. The number of nitrogen functional groups attached to an aromatic ring is 1. The summed E-state index contributed by atoms with van der Waals surface area (Å²) in [7, 11) is 0. The van der Waals surface area contributed by atoms with Gasteiger partial charge in [-0.15, -0.1) is 0 Å². The summed E-state index contributed by atoms with van der Waals surface area (Å²) in [5.41, 5.74) is 7.90. The second-order valence-electron chi connectivity index (χ2n) is 4.63. The Bertz CT molecular complexity index is 766. The monoisotopic (exact) mass is 283 g/mol. The van der Waals surface area contributed by atoms with Crippen molar-refractivity contribution in [2.45, 2.75) is 6.42 Å². The van der Waals surface area contributed by atoms with Crippen LogP contribution in [0.1, 0.15) is 11.5 Å². The molecular formula is C15H13N3O3. The van der Waals surface area contributed by atoms with E-state index in [9.17, 15) is 10.2 Å². The van der Waals surface area contributed by atoms with Crippen LogP contribution in [-0.2, 0) is 6.42 Å². The van der Waals surface area contributed by atoms with Crippen LogP contribution >= 0.6 is 0 Å². The van der Waals surface area contributed by atoms with Gasteiger partial charge in [-0.05, 0) is 35.9 Å². The van der Waals surface area contributed by atoms with Gasteiger partial charge in [-0.1, -0.05) is 17.3 Å². The maximum Gasteiger partial charge on any atom is 0.231 e. The molecule has 3 aromatic rings. The zero-order valence-corrected chi connectivity index (χ0v) is 11.0. The van der Waals surface area contributed by atoms with Crippen LogP contribution in [0.4, 0.5) is 5.69 Å². The second-order valence-corrected chi connectivity index (χ2v) is 4.63. The Morgan fingerprint density at radius 1 is 1.00 bits per heavy atom. The Labute approximate surface area is 120 Å². The number of anilines is 1. The third-order valence-corrected chi connectivity index (χ3v) is 3.04. The molecular weight excluding hydrogens is 270 g/mol. The number of nitrogens with zero attached hydrogens (tertiary/aromatic N) is 2. The van der Waals surface area contributed by atoms with Gasteiger partial charge in [0, 0.05) is 11.3 Å². The number of phenols is 2. The van der Waals surface area contributed by atoms with E-state index in [1.165, 1.54) is 12.1 Å². The van der Waals surface area contributed by atoms with Gasteiger partial charge in [0.15, 0.2) is 11.5 Å². The molecule has 21 heavy (non-hydrogen) atoms. The molecule has 6 heteroatoms. The van der Waals surface area contributed by atoms with Crippen molar-refractivity contribution in [3.8, 4) is 22.9 Å². The highest BCUT2D eigenvalue weighted by atomic mass is 16.5. The van der Waals surface area contributed by atoms with Crippen LogP contribution in [0.2, 0.25) is 0 Å². The number of benzene rings is 2. The van der Waals surface area contributed by atoms with Gasteiger partial charge in [0.05, 0.1) is 6.42 Å². The maximum absolute atomic E-state index is 9.48. The largest absolute Gasteiger partial charge is 0.504 e. The summed E-state index contributed by atoms with van der Waals surface area (Å²) >= 11 is 0. The number of hydrogen-bond acceptors (Lipinski definition) is 6. The molecule has 0 saturated carbocycles. The van der Waals surface area contributed by atoms with E-state index in [1.54, 1.807) is 6.07 Å². The second kappa shape index (κ2) is 5.16. The molecule has 2 aromatic carbocycles. The number of rotatable bonds is 3. The van der Waals surface area contributed by atoms with E-state index in [1.807, 2.05) is 24.3 Å². The van der Waals surface area contributed by atoms with Gasteiger partial charge in [-0.3, -0.25) is 0 Å². The SMILES string of the molecule is Nc1ccc(Cc2nc(-c3ccc(O)c(O)c3)no2)cc1. The van der Waals surface area contributed by atoms with E-state index >= 15 is 0 Å². The van der Waals surface area contributed by atoms with Crippen molar-refractivity contribution in [3.05, 3.63) is 53.9 Å². The molecule has 0 bridgehead atoms. The van der Waals surface area contributed by atoms with Crippen molar-refractivity contribution < 1.29 is 14.7 Å². The van der Waals surface area contributed by atoms with Crippen LogP contribution in [-0.4, -0.2) is 20.4 Å². The molecule has 4 N–H and O–H groups in total. The Kier molecular flexibility index (Phi) is 3.19. The smallest absolute Gasteiger partial charge is 0.231 e. The molecule has 0 atom stereocenters. The van der Waals surface area contributed by atoms with Crippen LogP contribution in [0.15, 0.2) is 47.0 Å². The fraction of sp³-hybridized carbons (Fsp3) is 0.0667. The van der Waals surface area contributed by atoms with Crippen LogP contribution in [0.5, 0.6) is 11.5 Å². The molecule has 0 spiro atoms.